The third-order valence-corrected chi connectivity index (χ3v) is 9.20. The molecule has 0 heterocycles. The van der Waals surface area contributed by atoms with Crippen molar-refractivity contribution < 1.29 is 4.74 Å². The Bertz CT molecular complexity index is 164. The topological polar surface area (TPSA) is 9.23 Å². The van der Waals surface area contributed by atoms with Gasteiger partial charge in [-0.05, 0) is 48.2 Å². The zero-order valence-corrected chi connectivity index (χ0v) is 13.6. The van der Waals surface area contributed by atoms with Gasteiger partial charge in [-0.2, -0.15) is 0 Å². The lowest BCUT2D eigenvalue weighted by Crippen LogP contribution is -2.24. The molecule has 0 radical (unpaired) electrons. The molecule has 0 spiro atoms. The van der Waals surface area contributed by atoms with Crippen molar-refractivity contribution in [3.05, 3.63) is 0 Å². The molecular weight excluding hydrogens is 228 g/mol. The van der Waals surface area contributed by atoms with Crippen molar-refractivity contribution in [2.24, 2.45) is 0 Å². The summed E-state index contributed by atoms with van der Waals surface area (Å²) in [6.07, 6.45) is 5.11. The minimum Gasteiger partial charge on any atom is -0.381 e. The van der Waals surface area contributed by atoms with Gasteiger partial charge in [0.05, 0.1) is 0 Å². The van der Waals surface area contributed by atoms with E-state index in [1.807, 2.05) is 0 Å². The molecule has 0 saturated heterocycles. The lowest BCUT2D eigenvalue weighted by atomic mass is 10.3. The summed E-state index contributed by atoms with van der Waals surface area (Å²) >= 11 is 0. The zero-order valence-electron chi connectivity index (χ0n) is 12.8. The van der Waals surface area contributed by atoms with Crippen molar-refractivity contribution >= 4 is 10.0 Å². The Labute approximate surface area is 111 Å². The van der Waals surface area contributed by atoms with Gasteiger partial charge in [0, 0.05) is 13.2 Å². The summed E-state index contributed by atoms with van der Waals surface area (Å²) in [6, 6.07) is 0. The van der Waals surface area contributed by atoms with Crippen LogP contribution in [0, 0.1) is 0 Å². The van der Waals surface area contributed by atoms with Crippen LogP contribution in [0.25, 0.3) is 0 Å². The first-order valence-electron chi connectivity index (χ1n) is 7.49. The van der Waals surface area contributed by atoms with E-state index in [9.17, 15) is 0 Å². The van der Waals surface area contributed by atoms with Gasteiger partial charge in [0.25, 0.3) is 0 Å². The molecular formula is C15H34OS. The van der Waals surface area contributed by atoms with Gasteiger partial charge in [-0.15, -0.1) is 0 Å². The van der Waals surface area contributed by atoms with Gasteiger partial charge in [0.2, 0.25) is 0 Å². The summed E-state index contributed by atoms with van der Waals surface area (Å²) in [5, 5.41) is 0.879. The van der Waals surface area contributed by atoms with Crippen LogP contribution >= 0.6 is 10.0 Å². The van der Waals surface area contributed by atoms with E-state index < -0.39 is 0 Å². The zero-order chi connectivity index (χ0) is 13.1. The van der Waals surface area contributed by atoms with Crippen LogP contribution in [0.4, 0.5) is 0 Å². The van der Waals surface area contributed by atoms with Gasteiger partial charge in [-0.25, -0.2) is 10.0 Å². The minimum absolute atomic E-state index is 0.380. The highest BCUT2D eigenvalue weighted by Crippen LogP contribution is 2.54. The van der Waals surface area contributed by atoms with Crippen molar-refractivity contribution in [3.8, 4) is 0 Å². The Balaban J connectivity index is 4.24. The SMILES string of the molecule is CCCOCCC(C)S(CC)(CCC)CCC. The van der Waals surface area contributed by atoms with E-state index in [2.05, 4.69) is 34.6 Å². The Kier molecular flexibility index (Phi) is 10.4. The molecule has 2 heteroatoms. The molecule has 0 rings (SSSR count). The molecule has 106 valence electrons. The maximum absolute atomic E-state index is 5.66. The van der Waals surface area contributed by atoms with Crippen LogP contribution in [0.2, 0.25) is 0 Å². The van der Waals surface area contributed by atoms with Crippen molar-refractivity contribution in [2.45, 2.75) is 65.6 Å². The molecule has 0 saturated carbocycles. The number of rotatable bonds is 11. The molecule has 0 amide bonds. The molecule has 1 unspecified atom stereocenters. The Morgan fingerprint density at radius 3 is 1.88 bits per heavy atom. The second-order valence-electron chi connectivity index (χ2n) is 5.02. The molecule has 1 atom stereocenters. The standard InChI is InChI=1S/C15H34OS/c1-6-11-16-12-10-15(5)17(9-4,13-7-2)14-8-3/h15H,6-14H2,1-5H3. The van der Waals surface area contributed by atoms with Gasteiger partial charge >= 0.3 is 0 Å². The van der Waals surface area contributed by atoms with Crippen molar-refractivity contribution in [1.29, 1.82) is 0 Å². The first kappa shape index (κ1) is 17.3. The molecule has 0 aliphatic rings. The van der Waals surface area contributed by atoms with Gasteiger partial charge in [-0.3, -0.25) is 0 Å². The van der Waals surface area contributed by atoms with E-state index in [0.717, 1.165) is 24.9 Å². The fourth-order valence-corrected chi connectivity index (χ4v) is 7.01. The fourth-order valence-electron chi connectivity index (χ4n) is 2.64. The van der Waals surface area contributed by atoms with Crippen LogP contribution in [0.1, 0.15) is 60.3 Å². The Morgan fingerprint density at radius 1 is 0.882 bits per heavy atom. The highest BCUT2D eigenvalue weighted by atomic mass is 32.3. The molecule has 0 aliphatic carbocycles. The summed E-state index contributed by atoms with van der Waals surface area (Å²) in [7, 11) is -0.380. The maximum atomic E-state index is 5.66. The molecule has 0 fully saturated rings. The van der Waals surface area contributed by atoms with Crippen molar-refractivity contribution in [1.82, 2.24) is 0 Å². The summed E-state index contributed by atoms with van der Waals surface area (Å²) in [5.74, 6) is 4.34. The molecule has 1 nitrogen and oxygen atoms in total. The largest absolute Gasteiger partial charge is 0.381 e. The van der Waals surface area contributed by atoms with Crippen LogP contribution in [-0.2, 0) is 4.74 Å². The second kappa shape index (κ2) is 10.3. The van der Waals surface area contributed by atoms with Gasteiger partial charge < -0.3 is 4.74 Å². The average molecular weight is 263 g/mol. The van der Waals surface area contributed by atoms with Crippen LogP contribution < -0.4 is 0 Å². The highest BCUT2D eigenvalue weighted by molar-refractivity contribution is 8.34. The summed E-state index contributed by atoms with van der Waals surface area (Å²) in [4.78, 5) is 0. The number of ether oxygens (including phenoxy) is 1. The van der Waals surface area contributed by atoms with Gasteiger partial charge in [0.15, 0.2) is 0 Å². The van der Waals surface area contributed by atoms with Crippen LogP contribution in [0.3, 0.4) is 0 Å². The fraction of sp³-hybridized carbons (Fsp3) is 1.00. The van der Waals surface area contributed by atoms with E-state index in [4.69, 9.17) is 4.74 Å². The van der Waals surface area contributed by atoms with E-state index in [-0.39, 0.29) is 10.0 Å². The third-order valence-electron chi connectivity index (χ3n) is 3.67. The Hall–Kier alpha value is 0.310. The van der Waals surface area contributed by atoms with E-state index in [0.29, 0.717) is 0 Å². The predicted molar refractivity (Wildman–Crippen MR) is 83.6 cm³/mol. The molecule has 0 aromatic heterocycles. The van der Waals surface area contributed by atoms with Crippen LogP contribution in [0.15, 0.2) is 0 Å². The highest BCUT2D eigenvalue weighted by Gasteiger charge is 2.26. The van der Waals surface area contributed by atoms with Crippen molar-refractivity contribution in [2.75, 3.05) is 30.5 Å². The number of hydrogen-bond acceptors (Lipinski definition) is 1. The lowest BCUT2D eigenvalue weighted by molar-refractivity contribution is 0.132. The van der Waals surface area contributed by atoms with E-state index in [1.165, 1.54) is 36.5 Å². The molecule has 17 heavy (non-hydrogen) atoms. The average Bonchev–Trinajstić information content (AvgIpc) is 2.34. The summed E-state index contributed by atoms with van der Waals surface area (Å²) in [5.41, 5.74) is 0. The summed E-state index contributed by atoms with van der Waals surface area (Å²) in [6.45, 7) is 13.6. The first-order valence-corrected chi connectivity index (χ1v) is 9.70. The van der Waals surface area contributed by atoms with E-state index >= 15 is 0 Å². The minimum atomic E-state index is -0.380. The van der Waals surface area contributed by atoms with Gasteiger partial charge in [0.1, 0.15) is 0 Å². The number of hydrogen-bond donors (Lipinski definition) is 0. The smallest absolute Gasteiger partial charge is 0.0475 e. The predicted octanol–water partition coefficient (Wildman–Crippen LogP) is 4.84. The Morgan fingerprint density at radius 2 is 1.47 bits per heavy atom. The van der Waals surface area contributed by atoms with Crippen LogP contribution in [-0.4, -0.2) is 35.7 Å². The van der Waals surface area contributed by atoms with E-state index in [1.54, 1.807) is 0 Å². The second-order valence-corrected chi connectivity index (χ2v) is 9.44. The third kappa shape index (κ3) is 6.15. The van der Waals surface area contributed by atoms with Crippen LogP contribution in [0.5, 0.6) is 0 Å². The normalized spacial score (nSPS) is 14.9. The molecule has 0 N–H and O–H groups in total. The first-order chi connectivity index (χ1) is 8.16. The summed E-state index contributed by atoms with van der Waals surface area (Å²) < 4.78 is 5.66. The maximum Gasteiger partial charge on any atom is 0.0475 e. The monoisotopic (exact) mass is 262 g/mol. The molecule has 0 aromatic rings. The molecule has 0 aliphatic heterocycles. The molecule has 0 bridgehead atoms. The lowest BCUT2D eigenvalue weighted by Gasteiger charge is -2.45. The quantitative estimate of drug-likeness (QED) is 0.484. The molecule has 0 aromatic carbocycles. The van der Waals surface area contributed by atoms with Gasteiger partial charge in [-0.1, -0.05) is 34.6 Å². The van der Waals surface area contributed by atoms with Crippen molar-refractivity contribution in [3.63, 3.8) is 0 Å².